The van der Waals surface area contributed by atoms with Crippen LogP contribution in [-0.4, -0.2) is 39.9 Å². The van der Waals surface area contributed by atoms with Crippen molar-refractivity contribution in [3.05, 3.63) is 83.5 Å². The number of aromatic nitrogens is 2. The molecule has 1 N–H and O–H groups in total. The van der Waals surface area contributed by atoms with Gasteiger partial charge >= 0.3 is 0 Å². The third-order valence-electron chi connectivity index (χ3n) is 5.54. The van der Waals surface area contributed by atoms with Gasteiger partial charge < -0.3 is 14.7 Å². The molecular weight excluding hydrogens is 380 g/mol. The highest BCUT2D eigenvalue weighted by atomic mass is 16.5. The molecule has 0 radical (unpaired) electrons. The number of nitrogens with zero attached hydrogens (tertiary/aromatic N) is 3. The van der Waals surface area contributed by atoms with Crippen LogP contribution in [0.15, 0.2) is 65.4 Å². The van der Waals surface area contributed by atoms with Crippen molar-refractivity contribution in [2.24, 2.45) is 5.92 Å². The van der Waals surface area contributed by atoms with Crippen molar-refractivity contribution in [3.63, 3.8) is 0 Å². The zero-order chi connectivity index (χ0) is 20.9. The van der Waals surface area contributed by atoms with E-state index < -0.39 is 0 Å². The maximum absolute atomic E-state index is 13.1. The Hall–Kier alpha value is -3.48. The molecule has 1 aliphatic rings. The Labute approximate surface area is 175 Å². The minimum Gasteiger partial charge on any atom is -0.351 e. The molecule has 1 saturated heterocycles. The van der Waals surface area contributed by atoms with Crippen LogP contribution in [0, 0.1) is 12.8 Å². The second-order valence-corrected chi connectivity index (χ2v) is 7.50. The van der Waals surface area contributed by atoms with E-state index in [0.717, 1.165) is 16.8 Å². The van der Waals surface area contributed by atoms with Crippen molar-refractivity contribution in [1.29, 1.82) is 0 Å². The van der Waals surface area contributed by atoms with E-state index in [9.17, 15) is 9.59 Å². The van der Waals surface area contributed by atoms with E-state index in [4.69, 9.17) is 4.52 Å². The van der Waals surface area contributed by atoms with Crippen molar-refractivity contribution in [1.82, 2.24) is 20.4 Å². The standard InChI is InChI=1S/C23H24N4O3/c1-16-6-5-12-24-20(16)21(17-7-3-2-4-8-17)26-22(28)18-10-14-27(15-11-18)23(29)19-9-13-25-30-19/h2-9,12-13,18,21H,10-11,14-15H2,1H3,(H,26,28). The average molecular weight is 404 g/mol. The number of benzene rings is 1. The van der Waals surface area contributed by atoms with Gasteiger partial charge in [-0.2, -0.15) is 0 Å². The third kappa shape index (κ3) is 4.25. The molecule has 2 aromatic heterocycles. The Kier molecular flexibility index (Phi) is 5.88. The SMILES string of the molecule is Cc1cccnc1C(NC(=O)C1CCN(C(=O)c2ccno2)CC1)c1ccccc1. The summed E-state index contributed by atoms with van der Waals surface area (Å²) >= 11 is 0. The van der Waals surface area contributed by atoms with E-state index in [1.54, 1.807) is 17.2 Å². The summed E-state index contributed by atoms with van der Waals surface area (Å²) in [6.07, 6.45) is 4.41. The molecule has 1 aliphatic heterocycles. The van der Waals surface area contributed by atoms with E-state index >= 15 is 0 Å². The molecule has 1 aromatic carbocycles. The first-order chi connectivity index (χ1) is 14.6. The smallest absolute Gasteiger partial charge is 0.292 e. The van der Waals surface area contributed by atoms with Gasteiger partial charge in [0.1, 0.15) is 0 Å². The molecule has 2 amide bonds. The van der Waals surface area contributed by atoms with E-state index in [2.05, 4.69) is 15.5 Å². The van der Waals surface area contributed by atoms with Gasteiger partial charge in [0, 0.05) is 31.3 Å². The van der Waals surface area contributed by atoms with Crippen molar-refractivity contribution >= 4 is 11.8 Å². The van der Waals surface area contributed by atoms with Crippen LogP contribution in [-0.2, 0) is 4.79 Å². The maximum atomic E-state index is 13.1. The molecule has 0 spiro atoms. The largest absolute Gasteiger partial charge is 0.351 e. The fourth-order valence-electron chi connectivity index (χ4n) is 3.84. The van der Waals surface area contributed by atoms with Crippen LogP contribution in [0.3, 0.4) is 0 Å². The summed E-state index contributed by atoms with van der Waals surface area (Å²) in [5.41, 5.74) is 2.86. The fourth-order valence-corrected chi connectivity index (χ4v) is 3.84. The second-order valence-electron chi connectivity index (χ2n) is 7.50. The zero-order valence-electron chi connectivity index (χ0n) is 16.8. The molecule has 30 heavy (non-hydrogen) atoms. The number of rotatable bonds is 5. The molecule has 3 heterocycles. The quantitative estimate of drug-likeness (QED) is 0.706. The normalized spacial score (nSPS) is 15.6. The molecule has 3 aromatic rings. The molecule has 4 rings (SSSR count). The summed E-state index contributed by atoms with van der Waals surface area (Å²) in [5, 5.41) is 6.78. The first-order valence-corrected chi connectivity index (χ1v) is 10.1. The lowest BCUT2D eigenvalue weighted by Gasteiger charge is -2.31. The lowest BCUT2D eigenvalue weighted by atomic mass is 9.93. The number of amides is 2. The van der Waals surface area contributed by atoms with E-state index in [1.807, 2.05) is 49.4 Å². The monoisotopic (exact) mass is 404 g/mol. The summed E-state index contributed by atoms with van der Waals surface area (Å²) in [7, 11) is 0. The lowest BCUT2D eigenvalue weighted by Crippen LogP contribution is -2.44. The van der Waals surface area contributed by atoms with Gasteiger partial charge in [-0.1, -0.05) is 41.6 Å². The maximum Gasteiger partial charge on any atom is 0.292 e. The number of likely N-dealkylation sites (tertiary alicyclic amines) is 1. The number of piperidine rings is 1. The summed E-state index contributed by atoms with van der Waals surface area (Å²) < 4.78 is 4.96. The highest BCUT2D eigenvalue weighted by Gasteiger charge is 2.31. The lowest BCUT2D eigenvalue weighted by molar-refractivity contribution is -0.126. The number of carbonyl (C=O) groups is 2. The molecule has 7 nitrogen and oxygen atoms in total. The molecule has 0 bridgehead atoms. The van der Waals surface area contributed by atoms with Gasteiger partial charge in [-0.25, -0.2) is 0 Å². The first kappa shape index (κ1) is 19.8. The minimum absolute atomic E-state index is 0.0133. The van der Waals surface area contributed by atoms with Crippen LogP contribution in [0.1, 0.15) is 46.3 Å². The molecule has 0 aliphatic carbocycles. The minimum atomic E-state index is -0.311. The molecule has 1 atom stereocenters. The molecule has 1 fully saturated rings. The molecule has 7 heteroatoms. The van der Waals surface area contributed by atoms with Gasteiger partial charge in [0.25, 0.3) is 5.91 Å². The second kappa shape index (κ2) is 8.90. The first-order valence-electron chi connectivity index (χ1n) is 10.1. The number of hydrogen-bond donors (Lipinski definition) is 1. The van der Waals surface area contributed by atoms with Crippen LogP contribution in [0.25, 0.3) is 0 Å². The van der Waals surface area contributed by atoms with E-state index in [1.165, 1.54) is 6.20 Å². The van der Waals surface area contributed by atoms with Gasteiger partial charge in [0.2, 0.25) is 11.7 Å². The Morgan fingerprint density at radius 3 is 2.50 bits per heavy atom. The number of hydrogen-bond acceptors (Lipinski definition) is 5. The summed E-state index contributed by atoms with van der Waals surface area (Å²) in [5.74, 6) is -0.120. The number of nitrogens with one attached hydrogen (secondary N) is 1. The summed E-state index contributed by atoms with van der Waals surface area (Å²) in [4.78, 5) is 31.7. The number of aryl methyl sites for hydroxylation is 1. The predicted molar refractivity (Wildman–Crippen MR) is 111 cm³/mol. The highest BCUT2D eigenvalue weighted by Crippen LogP contribution is 2.25. The molecule has 0 saturated carbocycles. The number of pyridine rings is 1. The van der Waals surface area contributed by atoms with Crippen molar-refractivity contribution in [2.75, 3.05) is 13.1 Å². The van der Waals surface area contributed by atoms with Gasteiger partial charge in [0.05, 0.1) is 17.9 Å². The van der Waals surface area contributed by atoms with Gasteiger partial charge in [-0.05, 0) is 37.0 Å². The van der Waals surface area contributed by atoms with Crippen LogP contribution < -0.4 is 5.32 Å². The van der Waals surface area contributed by atoms with Crippen LogP contribution in [0.2, 0.25) is 0 Å². The molecule has 1 unspecified atom stereocenters. The Bertz CT molecular complexity index is 996. The summed E-state index contributed by atoms with van der Waals surface area (Å²) in [6, 6.07) is 15.0. The van der Waals surface area contributed by atoms with Crippen molar-refractivity contribution in [3.8, 4) is 0 Å². The van der Waals surface area contributed by atoms with Gasteiger partial charge in [-0.15, -0.1) is 0 Å². The topological polar surface area (TPSA) is 88.3 Å². The van der Waals surface area contributed by atoms with Gasteiger partial charge in [-0.3, -0.25) is 14.6 Å². The Morgan fingerprint density at radius 1 is 1.07 bits per heavy atom. The van der Waals surface area contributed by atoms with E-state index in [0.29, 0.717) is 25.9 Å². The van der Waals surface area contributed by atoms with Gasteiger partial charge in [0.15, 0.2) is 0 Å². The number of carbonyl (C=O) groups excluding carboxylic acids is 2. The van der Waals surface area contributed by atoms with Crippen LogP contribution >= 0.6 is 0 Å². The van der Waals surface area contributed by atoms with E-state index in [-0.39, 0.29) is 29.5 Å². The van der Waals surface area contributed by atoms with Crippen LogP contribution in [0.4, 0.5) is 0 Å². The summed E-state index contributed by atoms with van der Waals surface area (Å²) in [6.45, 7) is 3.02. The fraction of sp³-hybridized carbons (Fsp3) is 0.304. The Balaban J connectivity index is 1.45. The van der Waals surface area contributed by atoms with Crippen molar-refractivity contribution in [2.45, 2.75) is 25.8 Å². The van der Waals surface area contributed by atoms with Crippen LogP contribution in [0.5, 0.6) is 0 Å². The third-order valence-corrected chi connectivity index (χ3v) is 5.54. The van der Waals surface area contributed by atoms with Crippen molar-refractivity contribution < 1.29 is 14.1 Å². The predicted octanol–water partition coefficient (Wildman–Crippen LogP) is 3.14. The average Bonchev–Trinajstić information content (AvgIpc) is 3.33. The highest BCUT2D eigenvalue weighted by molar-refractivity contribution is 5.91. The molecular formula is C23H24N4O3. The molecule has 154 valence electrons. The zero-order valence-corrected chi connectivity index (χ0v) is 16.8. The Morgan fingerprint density at radius 2 is 1.83 bits per heavy atom.